The number of hydrogen-bond donors (Lipinski definition) is 0. The molecule has 0 saturated carbocycles. The highest BCUT2D eigenvalue weighted by Crippen LogP contribution is 2.35. The van der Waals surface area contributed by atoms with Crippen molar-refractivity contribution in [1.29, 1.82) is 0 Å². The van der Waals surface area contributed by atoms with Crippen LogP contribution in [0.25, 0.3) is 11.5 Å². The van der Waals surface area contributed by atoms with Crippen LogP contribution in [-0.4, -0.2) is 48.4 Å². The third-order valence-corrected chi connectivity index (χ3v) is 5.42. The highest BCUT2D eigenvalue weighted by molar-refractivity contribution is 5.71. The first-order chi connectivity index (χ1) is 15.0. The second-order valence-electron chi connectivity index (χ2n) is 7.72. The quantitative estimate of drug-likeness (QED) is 0.432. The summed E-state index contributed by atoms with van der Waals surface area (Å²) in [5, 5.41) is 15.8. The number of aromatic nitrogens is 2. The molecule has 1 saturated heterocycles. The molecule has 2 aromatic carbocycles. The molecule has 4 rings (SSSR count). The number of nitro benzene ring substituents is 1. The van der Waals surface area contributed by atoms with E-state index in [9.17, 15) is 10.1 Å². The van der Waals surface area contributed by atoms with E-state index < -0.39 is 0 Å². The number of methoxy groups -OCH3 is 1. The summed E-state index contributed by atoms with van der Waals surface area (Å²) in [5.41, 5.74) is 2.21. The summed E-state index contributed by atoms with van der Waals surface area (Å²) >= 11 is 0. The Kier molecular flexibility index (Phi) is 5.75. The van der Waals surface area contributed by atoms with E-state index >= 15 is 0 Å². The Bertz CT molecular complexity index is 1070. The minimum absolute atomic E-state index is 0.0348. The lowest BCUT2D eigenvalue weighted by Gasteiger charge is -2.37. The van der Waals surface area contributed by atoms with Crippen molar-refractivity contribution in [3.8, 4) is 17.2 Å². The highest BCUT2D eigenvalue weighted by atomic mass is 16.6. The first-order valence-electron chi connectivity index (χ1n) is 10.2. The van der Waals surface area contributed by atoms with Crippen molar-refractivity contribution < 1.29 is 14.2 Å². The van der Waals surface area contributed by atoms with Gasteiger partial charge in [-0.15, -0.1) is 0 Å². The summed E-state index contributed by atoms with van der Waals surface area (Å²) in [5.74, 6) is 1.81. The predicted octanol–water partition coefficient (Wildman–Crippen LogP) is 4.10. The Hall–Kier alpha value is -3.62. The van der Waals surface area contributed by atoms with Crippen LogP contribution < -0.4 is 14.5 Å². The summed E-state index contributed by atoms with van der Waals surface area (Å²) in [7, 11) is 1.66. The first kappa shape index (κ1) is 20.6. The minimum atomic E-state index is -0.356. The van der Waals surface area contributed by atoms with Gasteiger partial charge in [-0.2, -0.15) is 4.98 Å². The molecule has 1 aliphatic heterocycles. The molecule has 1 aliphatic rings. The zero-order valence-electron chi connectivity index (χ0n) is 17.8. The van der Waals surface area contributed by atoms with E-state index in [0.717, 1.165) is 24.5 Å². The fraction of sp³-hybridized carbons (Fsp3) is 0.364. The van der Waals surface area contributed by atoms with Crippen LogP contribution in [0.1, 0.15) is 25.6 Å². The van der Waals surface area contributed by atoms with Crippen LogP contribution in [-0.2, 0) is 0 Å². The maximum absolute atomic E-state index is 11.8. The Morgan fingerprint density at radius 1 is 1.06 bits per heavy atom. The van der Waals surface area contributed by atoms with Gasteiger partial charge in [0.15, 0.2) is 5.82 Å². The number of ether oxygens (including phenoxy) is 1. The fourth-order valence-electron chi connectivity index (χ4n) is 3.74. The molecule has 31 heavy (non-hydrogen) atoms. The van der Waals surface area contributed by atoms with E-state index in [2.05, 4.69) is 15.0 Å². The molecule has 0 bridgehead atoms. The van der Waals surface area contributed by atoms with E-state index in [4.69, 9.17) is 9.26 Å². The van der Waals surface area contributed by atoms with E-state index in [-0.39, 0.29) is 16.5 Å². The molecule has 9 nitrogen and oxygen atoms in total. The van der Waals surface area contributed by atoms with Gasteiger partial charge in [-0.1, -0.05) is 31.1 Å². The number of nitro groups is 1. The second kappa shape index (κ2) is 8.63. The van der Waals surface area contributed by atoms with Crippen molar-refractivity contribution in [3.63, 3.8) is 0 Å². The third-order valence-electron chi connectivity index (χ3n) is 5.42. The van der Waals surface area contributed by atoms with Crippen LogP contribution in [0.15, 0.2) is 47.0 Å². The molecule has 1 aromatic heterocycles. The van der Waals surface area contributed by atoms with Crippen LogP contribution in [0.2, 0.25) is 0 Å². The number of nitrogens with zero attached hydrogens (tertiary/aromatic N) is 5. The molecular weight excluding hydrogens is 398 g/mol. The molecule has 0 N–H and O–H groups in total. The lowest BCUT2D eigenvalue weighted by molar-refractivity contribution is -0.384. The van der Waals surface area contributed by atoms with Crippen molar-refractivity contribution in [2.75, 3.05) is 43.1 Å². The number of rotatable bonds is 6. The smallest absolute Gasteiger partial charge is 0.293 e. The van der Waals surface area contributed by atoms with Crippen molar-refractivity contribution >= 4 is 17.1 Å². The third kappa shape index (κ3) is 4.16. The van der Waals surface area contributed by atoms with Gasteiger partial charge in [0, 0.05) is 43.7 Å². The second-order valence-corrected chi connectivity index (χ2v) is 7.72. The van der Waals surface area contributed by atoms with E-state index in [0.29, 0.717) is 36.1 Å². The monoisotopic (exact) mass is 423 g/mol. The van der Waals surface area contributed by atoms with E-state index in [1.807, 2.05) is 43.0 Å². The standard InChI is InChI=1S/C22H25N5O4/c1-15(2)21-23-22(31-24-21)16-8-9-17(19(14-16)27(28)29)25-10-12-26(13-11-25)18-6-4-5-7-20(18)30-3/h4-9,14-15H,10-13H2,1-3H3. The Labute approximate surface area is 180 Å². The maximum Gasteiger partial charge on any atom is 0.293 e. The van der Waals surface area contributed by atoms with Gasteiger partial charge in [0.05, 0.1) is 17.7 Å². The van der Waals surface area contributed by atoms with Crippen LogP contribution in [0.5, 0.6) is 5.75 Å². The predicted molar refractivity (Wildman–Crippen MR) is 118 cm³/mol. The zero-order valence-corrected chi connectivity index (χ0v) is 17.8. The van der Waals surface area contributed by atoms with Gasteiger partial charge in [0.2, 0.25) is 0 Å². The first-order valence-corrected chi connectivity index (χ1v) is 10.2. The van der Waals surface area contributed by atoms with Gasteiger partial charge in [-0.25, -0.2) is 0 Å². The summed E-state index contributed by atoms with van der Waals surface area (Å²) < 4.78 is 10.8. The van der Waals surface area contributed by atoms with Crippen LogP contribution in [0.4, 0.5) is 17.1 Å². The number of anilines is 2. The molecule has 162 valence electrons. The largest absolute Gasteiger partial charge is 0.495 e. The molecule has 0 radical (unpaired) electrons. The van der Waals surface area contributed by atoms with Gasteiger partial charge in [0.1, 0.15) is 11.4 Å². The zero-order chi connectivity index (χ0) is 22.0. The Morgan fingerprint density at radius 3 is 2.35 bits per heavy atom. The lowest BCUT2D eigenvalue weighted by atomic mass is 10.1. The average molecular weight is 423 g/mol. The maximum atomic E-state index is 11.8. The number of hydrogen-bond acceptors (Lipinski definition) is 8. The van der Waals surface area contributed by atoms with Gasteiger partial charge in [-0.3, -0.25) is 10.1 Å². The van der Waals surface area contributed by atoms with Crippen LogP contribution in [0.3, 0.4) is 0 Å². The van der Waals surface area contributed by atoms with Crippen molar-refractivity contribution in [1.82, 2.24) is 10.1 Å². The lowest BCUT2D eigenvalue weighted by Crippen LogP contribution is -2.46. The normalized spacial score (nSPS) is 14.2. The molecule has 1 fully saturated rings. The number of para-hydroxylation sites is 2. The topological polar surface area (TPSA) is 97.8 Å². The van der Waals surface area contributed by atoms with Crippen molar-refractivity contribution in [2.24, 2.45) is 0 Å². The molecule has 0 amide bonds. The molecule has 0 atom stereocenters. The van der Waals surface area contributed by atoms with E-state index in [1.165, 1.54) is 6.07 Å². The molecule has 0 aliphatic carbocycles. The minimum Gasteiger partial charge on any atom is -0.495 e. The number of benzene rings is 2. The van der Waals surface area contributed by atoms with Gasteiger partial charge in [-0.05, 0) is 24.3 Å². The molecule has 9 heteroatoms. The summed E-state index contributed by atoms with van der Waals surface area (Å²) in [6.07, 6.45) is 0. The molecule has 0 unspecified atom stereocenters. The van der Waals surface area contributed by atoms with Crippen LogP contribution in [0, 0.1) is 10.1 Å². The summed E-state index contributed by atoms with van der Waals surface area (Å²) in [6, 6.07) is 13.0. The summed E-state index contributed by atoms with van der Waals surface area (Å²) in [6.45, 7) is 6.73. The van der Waals surface area contributed by atoms with Crippen molar-refractivity contribution in [2.45, 2.75) is 19.8 Å². The fourth-order valence-corrected chi connectivity index (χ4v) is 3.74. The average Bonchev–Trinajstić information content (AvgIpc) is 3.29. The molecular formula is C22H25N5O4. The summed E-state index contributed by atoms with van der Waals surface area (Å²) in [4.78, 5) is 20.1. The molecule has 2 heterocycles. The molecule has 0 spiro atoms. The van der Waals surface area contributed by atoms with Gasteiger partial charge in [0.25, 0.3) is 11.6 Å². The van der Waals surface area contributed by atoms with Crippen LogP contribution >= 0.6 is 0 Å². The molecule has 3 aromatic rings. The Morgan fingerprint density at radius 2 is 1.74 bits per heavy atom. The highest BCUT2D eigenvalue weighted by Gasteiger charge is 2.26. The van der Waals surface area contributed by atoms with Gasteiger partial charge >= 0.3 is 0 Å². The van der Waals surface area contributed by atoms with E-state index in [1.54, 1.807) is 19.2 Å². The van der Waals surface area contributed by atoms with Gasteiger partial charge < -0.3 is 19.1 Å². The Balaban J connectivity index is 1.55. The van der Waals surface area contributed by atoms with Crippen molar-refractivity contribution in [3.05, 3.63) is 58.4 Å². The number of piperazine rings is 1. The SMILES string of the molecule is COc1ccccc1N1CCN(c2ccc(-c3nc(C(C)C)no3)cc2[N+](=O)[O-])CC1.